The van der Waals surface area contributed by atoms with Crippen LogP contribution in [0.3, 0.4) is 0 Å². The highest BCUT2D eigenvalue weighted by molar-refractivity contribution is 7.91. The minimum absolute atomic E-state index is 0.00920. The minimum atomic E-state index is -3.19. The van der Waals surface area contributed by atoms with E-state index in [2.05, 4.69) is 0 Å². The molecule has 2 aliphatic heterocycles. The molecule has 7 heteroatoms. The first-order valence-corrected chi connectivity index (χ1v) is 10.6. The summed E-state index contributed by atoms with van der Waals surface area (Å²) >= 11 is 0. The predicted octanol–water partition coefficient (Wildman–Crippen LogP) is 1.68. The number of amides is 1. The van der Waals surface area contributed by atoms with Crippen LogP contribution in [0.1, 0.15) is 25.8 Å². The maximum absolute atomic E-state index is 14.0. The van der Waals surface area contributed by atoms with Gasteiger partial charge in [-0.25, -0.2) is 12.8 Å². The normalized spacial score (nSPS) is 26.0. The third-order valence-electron chi connectivity index (χ3n) is 5.03. The van der Waals surface area contributed by atoms with Gasteiger partial charge in [0.2, 0.25) is 5.91 Å². The van der Waals surface area contributed by atoms with Crippen LogP contribution in [0.2, 0.25) is 0 Å². The second-order valence-corrected chi connectivity index (χ2v) is 9.61. The van der Waals surface area contributed by atoms with E-state index in [1.54, 1.807) is 23.1 Å². The lowest BCUT2D eigenvalue weighted by atomic mass is 10.0. The average molecular weight is 368 g/mol. The van der Waals surface area contributed by atoms with Gasteiger partial charge in [0.1, 0.15) is 5.82 Å². The summed E-state index contributed by atoms with van der Waals surface area (Å²) in [5.41, 5.74) is 0.563. The number of benzene rings is 1. The fourth-order valence-corrected chi connectivity index (χ4v) is 5.85. The van der Waals surface area contributed by atoms with Crippen LogP contribution >= 0.6 is 0 Å². The predicted molar refractivity (Wildman–Crippen MR) is 94.2 cm³/mol. The molecule has 0 saturated carbocycles. The van der Waals surface area contributed by atoms with Gasteiger partial charge in [0.05, 0.1) is 17.5 Å². The van der Waals surface area contributed by atoms with Crippen molar-refractivity contribution in [2.45, 2.75) is 38.9 Å². The second kappa shape index (κ2) is 7.03. The van der Waals surface area contributed by atoms with Gasteiger partial charge in [0.15, 0.2) is 9.84 Å². The second-order valence-electron chi connectivity index (χ2n) is 7.46. The molecule has 138 valence electrons. The van der Waals surface area contributed by atoms with Gasteiger partial charge in [0, 0.05) is 37.7 Å². The van der Waals surface area contributed by atoms with Crippen LogP contribution in [0.15, 0.2) is 24.3 Å². The molecular formula is C18H25FN2O3S. The summed E-state index contributed by atoms with van der Waals surface area (Å²) in [6, 6.07) is 5.99. The van der Waals surface area contributed by atoms with Crippen molar-refractivity contribution in [1.82, 2.24) is 9.80 Å². The van der Waals surface area contributed by atoms with Crippen molar-refractivity contribution in [3.8, 4) is 0 Å². The van der Waals surface area contributed by atoms with E-state index in [0.29, 0.717) is 31.6 Å². The topological polar surface area (TPSA) is 57.7 Å². The SMILES string of the molecule is CC(C)CC(=O)N1CCN(Cc2ccccc2F)[C@@H]2CS(=O)(=O)C[C@@H]21. The van der Waals surface area contributed by atoms with Crippen molar-refractivity contribution in [3.63, 3.8) is 0 Å². The summed E-state index contributed by atoms with van der Waals surface area (Å²) in [4.78, 5) is 16.3. The average Bonchev–Trinajstić information content (AvgIpc) is 2.84. The number of carbonyl (C=O) groups excluding carboxylic acids is 1. The number of rotatable bonds is 4. The zero-order chi connectivity index (χ0) is 18.2. The molecule has 2 fully saturated rings. The number of hydrogen-bond donors (Lipinski definition) is 0. The molecule has 0 bridgehead atoms. The molecule has 2 atom stereocenters. The summed E-state index contributed by atoms with van der Waals surface area (Å²) in [6.45, 7) is 5.39. The van der Waals surface area contributed by atoms with E-state index in [4.69, 9.17) is 0 Å². The fraction of sp³-hybridized carbons (Fsp3) is 0.611. The molecule has 0 radical (unpaired) electrons. The number of fused-ring (bicyclic) bond motifs is 1. The van der Waals surface area contributed by atoms with E-state index in [9.17, 15) is 17.6 Å². The van der Waals surface area contributed by atoms with Gasteiger partial charge in [-0.05, 0) is 12.0 Å². The largest absolute Gasteiger partial charge is 0.336 e. The van der Waals surface area contributed by atoms with Crippen molar-refractivity contribution in [2.24, 2.45) is 5.92 Å². The molecule has 1 amide bonds. The van der Waals surface area contributed by atoms with Crippen LogP contribution in [0, 0.1) is 11.7 Å². The van der Waals surface area contributed by atoms with Gasteiger partial charge < -0.3 is 4.90 Å². The summed E-state index contributed by atoms with van der Waals surface area (Å²) in [7, 11) is -3.19. The van der Waals surface area contributed by atoms with Crippen LogP contribution in [-0.2, 0) is 21.2 Å². The number of piperazine rings is 1. The van der Waals surface area contributed by atoms with Gasteiger partial charge in [-0.1, -0.05) is 32.0 Å². The van der Waals surface area contributed by atoms with Gasteiger partial charge in [-0.2, -0.15) is 0 Å². The molecule has 0 spiro atoms. The Morgan fingerprint density at radius 3 is 2.56 bits per heavy atom. The van der Waals surface area contributed by atoms with Gasteiger partial charge in [-0.15, -0.1) is 0 Å². The van der Waals surface area contributed by atoms with Gasteiger partial charge in [-0.3, -0.25) is 9.69 Å². The van der Waals surface area contributed by atoms with E-state index in [0.717, 1.165) is 0 Å². The first kappa shape index (κ1) is 18.3. The molecule has 5 nitrogen and oxygen atoms in total. The Bertz CT molecular complexity index is 750. The van der Waals surface area contributed by atoms with Crippen LogP contribution in [0.5, 0.6) is 0 Å². The Labute approximate surface area is 148 Å². The Morgan fingerprint density at radius 2 is 1.88 bits per heavy atom. The van der Waals surface area contributed by atoms with E-state index in [1.165, 1.54) is 6.07 Å². The summed E-state index contributed by atoms with van der Waals surface area (Å²) < 4.78 is 38.4. The Morgan fingerprint density at radius 1 is 1.20 bits per heavy atom. The lowest BCUT2D eigenvalue weighted by Gasteiger charge is -2.44. The Balaban J connectivity index is 1.81. The number of hydrogen-bond acceptors (Lipinski definition) is 4. The molecule has 0 unspecified atom stereocenters. The van der Waals surface area contributed by atoms with Gasteiger partial charge in [0.25, 0.3) is 0 Å². The zero-order valence-electron chi connectivity index (χ0n) is 14.7. The third-order valence-corrected chi connectivity index (χ3v) is 6.72. The molecule has 0 N–H and O–H groups in total. The number of halogens is 1. The number of nitrogens with zero attached hydrogens (tertiary/aromatic N) is 2. The third kappa shape index (κ3) is 4.03. The molecule has 1 aromatic carbocycles. The first-order valence-electron chi connectivity index (χ1n) is 8.74. The fourth-order valence-electron chi connectivity index (χ4n) is 3.84. The standard InChI is InChI=1S/C18H25FN2O3S/c1-13(2)9-18(22)21-8-7-20(10-14-5-3-4-6-15(14)19)16-11-25(23,24)12-17(16)21/h3-6,13,16-17H,7-12H2,1-2H3/t16-,17+/m1/s1. The summed E-state index contributed by atoms with van der Waals surface area (Å²) in [5, 5.41) is 0. The highest BCUT2D eigenvalue weighted by atomic mass is 32.2. The van der Waals surface area contributed by atoms with E-state index in [1.807, 2.05) is 18.7 Å². The molecular weight excluding hydrogens is 343 g/mol. The minimum Gasteiger partial charge on any atom is -0.336 e. The van der Waals surface area contributed by atoms with Crippen LogP contribution in [-0.4, -0.2) is 60.8 Å². The monoisotopic (exact) mass is 368 g/mol. The molecule has 2 saturated heterocycles. The maximum atomic E-state index is 14.0. The molecule has 0 aromatic heterocycles. The molecule has 2 aliphatic rings. The first-order chi connectivity index (χ1) is 11.8. The zero-order valence-corrected chi connectivity index (χ0v) is 15.5. The highest BCUT2D eigenvalue weighted by Gasteiger charge is 2.47. The van der Waals surface area contributed by atoms with E-state index < -0.39 is 9.84 Å². The molecule has 1 aromatic rings. The van der Waals surface area contributed by atoms with E-state index in [-0.39, 0.29) is 41.2 Å². The van der Waals surface area contributed by atoms with Crippen molar-refractivity contribution in [2.75, 3.05) is 24.6 Å². The lowest BCUT2D eigenvalue weighted by molar-refractivity contribution is -0.137. The maximum Gasteiger partial charge on any atom is 0.223 e. The Kier molecular flexibility index (Phi) is 5.16. The van der Waals surface area contributed by atoms with Crippen LogP contribution in [0.4, 0.5) is 4.39 Å². The smallest absolute Gasteiger partial charge is 0.223 e. The molecule has 3 rings (SSSR count). The number of sulfone groups is 1. The highest BCUT2D eigenvalue weighted by Crippen LogP contribution is 2.29. The van der Waals surface area contributed by atoms with Gasteiger partial charge >= 0.3 is 0 Å². The van der Waals surface area contributed by atoms with Crippen molar-refractivity contribution in [1.29, 1.82) is 0 Å². The molecule has 2 heterocycles. The summed E-state index contributed by atoms with van der Waals surface area (Å²) in [5.74, 6) is 0.0265. The molecule has 25 heavy (non-hydrogen) atoms. The van der Waals surface area contributed by atoms with Crippen molar-refractivity contribution < 1.29 is 17.6 Å². The van der Waals surface area contributed by atoms with Crippen molar-refractivity contribution >= 4 is 15.7 Å². The van der Waals surface area contributed by atoms with Crippen LogP contribution in [0.25, 0.3) is 0 Å². The lowest BCUT2D eigenvalue weighted by Crippen LogP contribution is -2.60. The van der Waals surface area contributed by atoms with E-state index >= 15 is 0 Å². The van der Waals surface area contributed by atoms with Crippen molar-refractivity contribution in [3.05, 3.63) is 35.6 Å². The Hall–Kier alpha value is -1.47. The molecule has 0 aliphatic carbocycles. The van der Waals surface area contributed by atoms with Crippen LogP contribution < -0.4 is 0 Å². The summed E-state index contributed by atoms with van der Waals surface area (Å²) in [6.07, 6.45) is 0.427. The number of carbonyl (C=O) groups is 1. The quantitative estimate of drug-likeness (QED) is 0.811.